The van der Waals surface area contributed by atoms with Gasteiger partial charge in [-0.25, -0.2) is 0 Å². The van der Waals surface area contributed by atoms with Crippen LogP contribution >= 0.6 is 0 Å². The van der Waals surface area contributed by atoms with E-state index < -0.39 is 5.91 Å². The summed E-state index contributed by atoms with van der Waals surface area (Å²) in [5.41, 5.74) is 6.53. The SMILES string of the molecule is NC(=O)c1cccc(NC(=O)c2ccncc2)c1. The Balaban J connectivity index is 2.17. The third-order valence-corrected chi connectivity index (χ3v) is 2.35. The van der Waals surface area contributed by atoms with Crippen LogP contribution in [0.1, 0.15) is 20.7 Å². The molecule has 0 radical (unpaired) electrons. The molecule has 0 fully saturated rings. The molecule has 3 N–H and O–H groups in total. The van der Waals surface area contributed by atoms with Crippen molar-refractivity contribution < 1.29 is 9.59 Å². The van der Waals surface area contributed by atoms with Crippen LogP contribution in [0.15, 0.2) is 48.8 Å². The summed E-state index contributed by atoms with van der Waals surface area (Å²) < 4.78 is 0. The van der Waals surface area contributed by atoms with Crippen molar-refractivity contribution in [3.63, 3.8) is 0 Å². The number of anilines is 1. The molecule has 0 atom stereocenters. The Morgan fingerprint density at radius 2 is 1.78 bits per heavy atom. The lowest BCUT2D eigenvalue weighted by atomic mass is 10.2. The maximum atomic E-state index is 11.8. The minimum absolute atomic E-state index is 0.265. The van der Waals surface area contributed by atoms with Crippen LogP contribution in [0.25, 0.3) is 0 Å². The third-order valence-electron chi connectivity index (χ3n) is 2.35. The highest BCUT2D eigenvalue weighted by molar-refractivity contribution is 6.04. The van der Waals surface area contributed by atoms with E-state index in [0.29, 0.717) is 16.8 Å². The monoisotopic (exact) mass is 241 g/mol. The van der Waals surface area contributed by atoms with Crippen molar-refractivity contribution >= 4 is 17.5 Å². The molecular formula is C13H11N3O2. The number of pyridine rings is 1. The highest BCUT2D eigenvalue weighted by Gasteiger charge is 2.06. The summed E-state index contributed by atoms with van der Waals surface area (Å²) in [6.45, 7) is 0. The zero-order chi connectivity index (χ0) is 13.0. The molecule has 90 valence electrons. The van der Waals surface area contributed by atoms with E-state index in [0.717, 1.165) is 0 Å². The zero-order valence-electron chi connectivity index (χ0n) is 9.46. The van der Waals surface area contributed by atoms with Gasteiger partial charge in [0.25, 0.3) is 5.91 Å². The van der Waals surface area contributed by atoms with Crippen molar-refractivity contribution in [2.45, 2.75) is 0 Å². The molecule has 2 amide bonds. The molecular weight excluding hydrogens is 230 g/mol. The van der Waals surface area contributed by atoms with Gasteiger partial charge in [-0.3, -0.25) is 14.6 Å². The smallest absolute Gasteiger partial charge is 0.255 e. The first-order valence-electron chi connectivity index (χ1n) is 5.28. The van der Waals surface area contributed by atoms with Crippen LogP contribution in [0.5, 0.6) is 0 Å². The average molecular weight is 241 g/mol. The molecule has 1 aromatic heterocycles. The van der Waals surface area contributed by atoms with E-state index >= 15 is 0 Å². The van der Waals surface area contributed by atoms with Crippen LogP contribution in [0.2, 0.25) is 0 Å². The van der Waals surface area contributed by atoms with E-state index in [2.05, 4.69) is 10.3 Å². The Labute approximate surface area is 104 Å². The van der Waals surface area contributed by atoms with Gasteiger partial charge in [0.15, 0.2) is 0 Å². The van der Waals surface area contributed by atoms with Gasteiger partial charge < -0.3 is 11.1 Å². The molecule has 2 aromatic rings. The van der Waals surface area contributed by atoms with Crippen molar-refractivity contribution in [2.24, 2.45) is 5.73 Å². The quantitative estimate of drug-likeness (QED) is 0.852. The number of benzene rings is 1. The number of aromatic nitrogens is 1. The number of nitrogens with two attached hydrogens (primary N) is 1. The fourth-order valence-corrected chi connectivity index (χ4v) is 1.46. The Morgan fingerprint density at radius 3 is 2.44 bits per heavy atom. The van der Waals surface area contributed by atoms with Crippen molar-refractivity contribution in [3.8, 4) is 0 Å². The molecule has 5 heteroatoms. The van der Waals surface area contributed by atoms with Crippen molar-refractivity contribution in [2.75, 3.05) is 5.32 Å². The zero-order valence-corrected chi connectivity index (χ0v) is 9.46. The number of amides is 2. The third kappa shape index (κ3) is 2.70. The van der Waals surface area contributed by atoms with Gasteiger partial charge in [-0.05, 0) is 30.3 Å². The van der Waals surface area contributed by atoms with Crippen LogP contribution in [-0.4, -0.2) is 16.8 Å². The first-order chi connectivity index (χ1) is 8.66. The highest BCUT2D eigenvalue weighted by atomic mass is 16.2. The Hall–Kier alpha value is -2.69. The van der Waals surface area contributed by atoms with Crippen molar-refractivity contribution in [1.82, 2.24) is 4.98 Å². The Kier molecular flexibility index (Phi) is 3.33. The highest BCUT2D eigenvalue weighted by Crippen LogP contribution is 2.11. The van der Waals surface area contributed by atoms with Crippen LogP contribution < -0.4 is 11.1 Å². The van der Waals surface area contributed by atoms with Gasteiger partial charge in [-0.2, -0.15) is 0 Å². The maximum absolute atomic E-state index is 11.8. The normalized spacial score (nSPS) is 9.78. The molecule has 5 nitrogen and oxygen atoms in total. The fourth-order valence-electron chi connectivity index (χ4n) is 1.46. The molecule has 1 heterocycles. The van der Waals surface area contributed by atoms with Crippen LogP contribution in [0, 0.1) is 0 Å². The second-order valence-electron chi connectivity index (χ2n) is 3.64. The summed E-state index contributed by atoms with van der Waals surface area (Å²) in [4.78, 5) is 26.7. The van der Waals surface area contributed by atoms with Gasteiger partial charge in [0, 0.05) is 29.2 Å². The predicted octanol–water partition coefficient (Wildman–Crippen LogP) is 1.43. The molecule has 0 aliphatic heterocycles. The van der Waals surface area contributed by atoms with E-state index in [1.54, 1.807) is 30.3 Å². The second kappa shape index (κ2) is 5.09. The number of rotatable bonds is 3. The summed E-state index contributed by atoms with van der Waals surface area (Å²) in [6, 6.07) is 9.67. The largest absolute Gasteiger partial charge is 0.366 e. The van der Waals surface area contributed by atoms with Gasteiger partial charge >= 0.3 is 0 Å². The number of hydrogen-bond acceptors (Lipinski definition) is 3. The average Bonchev–Trinajstić information content (AvgIpc) is 2.40. The van der Waals surface area contributed by atoms with Gasteiger partial charge in [0.1, 0.15) is 0 Å². The first-order valence-corrected chi connectivity index (χ1v) is 5.28. The lowest BCUT2D eigenvalue weighted by molar-refractivity contribution is 0.0996. The summed E-state index contributed by atoms with van der Waals surface area (Å²) in [5, 5.41) is 2.68. The van der Waals surface area contributed by atoms with Crippen molar-refractivity contribution in [3.05, 3.63) is 59.9 Å². The Bertz CT molecular complexity index is 582. The summed E-state index contributed by atoms with van der Waals surface area (Å²) in [7, 11) is 0. The first kappa shape index (κ1) is 11.8. The molecule has 0 aliphatic carbocycles. The van der Waals surface area contributed by atoms with Crippen LogP contribution in [0.3, 0.4) is 0 Å². The van der Waals surface area contributed by atoms with Gasteiger partial charge in [-0.1, -0.05) is 6.07 Å². The number of nitrogens with zero attached hydrogens (tertiary/aromatic N) is 1. The molecule has 1 aromatic carbocycles. The van der Waals surface area contributed by atoms with E-state index in [9.17, 15) is 9.59 Å². The lowest BCUT2D eigenvalue weighted by Gasteiger charge is -2.05. The minimum Gasteiger partial charge on any atom is -0.366 e. The van der Waals surface area contributed by atoms with Gasteiger partial charge in [0.05, 0.1) is 0 Å². The molecule has 2 rings (SSSR count). The number of hydrogen-bond donors (Lipinski definition) is 2. The molecule has 0 unspecified atom stereocenters. The molecule has 0 saturated heterocycles. The lowest BCUT2D eigenvalue weighted by Crippen LogP contribution is -2.14. The number of primary amides is 1. The topological polar surface area (TPSA) is 85.1 Å². The molecule has 0 spiro atoms. The van der Waals surface area contributed by atoms with E-state index in [1.165, 1.54) is 18.5 Å². The number of carbonyl (C=O) groups excluding carboxylic acids is 2. The molecule has 0 aliphatic rings. The van der Waals surface area contributed by atoms with Gasteiger partial charge in [-0.15, -0.1) is 0 Å². The van der Waals surface area contributed by atoms with Crippen LogP contribution in [0.4, 0.5) is 5.69 Å². The van der Waals surface area contributed by atoms with E-state index in [-0.39, 0.29) is 5.91 Å². The van der Waals surface area contributed by atoms with E-state index in [4.69, 9.17) is 5.73 Å². The molecule has 18 heavy (non-hydrogen) atoms. The summed E-state index contributed by atoms with van der Waals surface area (Å²) >= 11 is 0. The van der Waals surface area contributed by atoms with E-state index in [1.807, 2.05) is 0 Å². The molecule has 0 saturated carbocycles. The molecule has 0 bridgehead atoms. The van der Waals surface area contributed by atoms with Crippen LogP contribution in [-0.2, 0) is 0 Å². The number of nitrogens with one attached hydrogen (secondary N) is 1. The predicted molar refractivity (Wildman–Crippen MR) is 67.2 cm³/mol. The second-order valence-corrected chi connectivity index (χ2v) is 3.64. The Morgan fingerprint density at radius 1 is 1.06 bits per heavy atom. The van der Waals surface area contributed by atoms with Gasteiger partial charge in [0.2, 0.25) is 5.91 Å². The van der Waals surface area contributed by atoms with Crippen molar-refractivity contribution in [1.29, 1.82) is 0 Å². The number of carbonyl (C=O) groups is 2. The fraction of sp³-hybridized carbons (Fsp3) is 0. The standard InChI is InChI=1S/C13H11N3O2/c14-12(17)10-2-1-3-11(8-10)16-13(18)9-4-6-15-7-5-9/h1-8H,(H2,14,17)(H,16,18). The minimum atomic E-state index is -0.532. The summed E-state index contributed by atoms with van der Waals surface area (Å²) in [5.74, 6) is -0.797. The maximum Gasteiger partial charge on any atom is 0.255 e. The summed E-state index contributed by atoms with van der Waals surface area (Å²) in [6.07, 6.45) is 3.07.